The minimum atomic E-state index is -0.516. The van der Waals surface area contributed by atoms with Crippen molar-refractivity contribution in [3.63, 3.8) is 0 Å². The maximum atomic E-state index is 13.9. The van der Waals surface area contributed by atoms with Gasteiger partial charge in [0.15, 0.2) is 23.1 Å². The van der Waals surface area contributed by atoms with Gasteiger partial charge in [-0.1, -0.05) is 103 Å². The van der Waals surface area contributed by atoms with Gasteiger partial charge in [-0.3, -0.25) is 14.2 Å². The third kappa shape index (κ3) is 15.3. The summed E-state index contributed by atoms with van der Waals surface area (Å²) in [6.07, 6.45) is 6.09. The molecule has 10 N–H and O–H groups in total. The summed E-state index contributed by atoms with van der Waals surface area (Å²) in [4.78, 5) is 56.5. The molecule has 0 saturated carbocycles. The number of aliphatic hydroxyl groups is 1. The van der Waals surface area contributed by atoms with E-state index in [-0.39, 0.29) is 41.6 Å². The van der Waals surface area contributed by atoms with Crippen LogP contribution < -0.4 is 38.7 Å². The Hall–Kier alpha value is -8.27. The van der Waals surface area contributed by atoms with Crippen molar-refractivity contribution in [3.8, 4) is 11.1 Å². The number of ketones is 1. The molecule has 5 heterocycles. The number of fused-ring (bicyclic) bond motifs is 2. The molecule has 84 heavy (non-hydrogen) atoms. The second-order valence-electron chi connectivity index (χ2n) is 20.2. The summed E-state index contributed by atoms with van der Waals surface area (Å²) in [6, 6.07) is 37.0. The van der Waals surface area contributed by atoms with Gasteiger partial charge in [0.25, 0.3) is 5.56 Å². The highest BCUT2D eigenvalue weighted by Gasteiger charge is 2.24. The largest absolute Gasteiger partial charge is 0.396 e. The number of aliphatic hydroxyl groups excluding tert-OH is 1. The summed E-state index contributed by atoms with van der Waals surface area (Å²) in [7, 11) is 1.66. The molecular weight excluding hydrogens is 1130 g/mol. The van der Waals surface area contributed by atoms with Crippen molar-refractivity contribution in [3.05, 3.63) is 205 Å². The molecule has 0 radical (unpaired) electrons. The number of hydrogen-bond donors (Lipinski definition) is 7. The van der Waals surface area contributed by atoms with Crippen molar-refractivity contribution in [2.75, 3.05) is 29.1 Å². The van der Waals surface area contributed by atoms with E-state index in [2.05, 4.69) is 54.7 Å². The molecule has 0 spiro atoms. The van der Waals surface area contributed by atoms with Crippen molar-refractivity contribution in [1.82, 2.24) is 44.0 Å². The van der Waals surface area contributed by atoms with Crippen molar-refractivity contribution in [1.29, 1.82) is 0 Å². The fourth-order valence-electron chi connectivity index (χ4n) is 8.86. The topological polar surface area (TPSA) is 269 Å². The first kappa shape index (κ1) is 61.8. The number of nitrogens with one attached hydrogen (secondary N) is 3. The first-order valence-electron chi connectivity index (χ1n) is 27.1. The number of aromatic nitrogens is 9. The molecule has 22 heteroatoms. The van der Waals surface area contributed by atoms with Crippen LogP contribution in [0.2, 0.25) is 15.1 Å². The molecular formula is C62H65Cl3FN15O3. The number of nitrogens with zero attached hydrogens (tertiary/aromatic N) is 9. The first-order chi connectivity index (χ1) is 40.5. The molecule has 0 aliphatic heterocycles. The summed E-state index contributed by atoms with van der Waals surface area (Å²) in [6.45, 7) is 9.67. The SMILES string of the molecule is CC(C)[C@H](CO)c1nc(Cc2ccc(C(=O)CCCN)c(Cl)c2)c2ncn(C(C)C)c2n1.Cn1c(=O)c(-c2c(Cl)cccc2Cl)cc2cnc(Nc3ccc(CN)cc3)nc21.NCc1ccc(Nc2ncc(F)c(Nc3ccccc3)n2)cc1. The fourth-order valence-corrected chi connectivity index (χ4v) is 9.77. The maximum absolute atomic E-state index is 13.9. The second kappa shape index (κ2) is 28.8. The van der Waals surface area contributed by atoms with Crippen LogP contribution in [0.15, 0.2) is 145 Å². The lowest BCUT2D eigenvalue weighted by molar-refractivity contribution is 0.0981. The number of Topliss-reactive ketones (excluding diaryl/α,β-unsaturated/α-hetero) is 1. The number of halogens is 4. The number of para-hydroxylation sites is 1. The van der Waals surface area contributed by atoms with Crippen molar-refractivity contribution in [2.24, 2.45) is 30.2 Å². The van der Waals surface area contributed by atoms with Crippen molar-refractivity contribution < 1.29 is 14.3 Å². The summed E-state index contributed by atoms with van der Waals surface area (Å²) in [5.74, 6) is 0.935. The van der Waals surface area contributed by atoms with E-state index in [1.807, 2.05) is 109 Å². The van der Waals surface area contributed by atoms with Gasteiger partial charge in [0.05, 0.1) is 45.5 Å². The lowest BCUT2D eigenvalue weighted by atomic mass is 9.95. The van der Waals surface area contributed by atoms with E-state index in [9.17, 15) is 19.1 Å². The zero-order valence-corrected chi connectivity index (χ0v) is 49.3. The molecule has 10 rings (SSSR count). The van der Waals surface area contributed by atoms with Crippen LogP contribution in [0, 0.1) is 11.7 Å². The summed E-state index contributed by atoms with van der Waals surface area (Å²) < 4.78 is 17.3. The van der Waals surface area contributed by atoms with E-state index in [1.165, 1.54) is 4.57 Å². The Balaban J connectivity index is 0.000000166. The van der Waals surface area contributed by atoms with Crippen LogP contribution in [0.5, 0.6) is 0 Å². The van der Waals surface area contributed by atoms with Gasteiger partial charge in [-0.2, -0.15) is 9.97 Å². The number of carbonyl (C=O) groups excluding carboxylic acids is 1. The molecule has 0 bridgehead atoms. The van der Waals surface area contributed by atoms with Crippen LogP contribution in [0.1, 0.15) is 91.1 Å². The average molecular weight is 1190 g/mol. The highest BCUT2D eigenvalue weighted by Crippen LogP contribution is 2.34. The lowest BCUT2D eigenvalue weighted by Gasteiger charge is -2.18. The van der Waals surface area contributed by atoms with Crippen LogP contribution in [0.3, 0.4) is 0 Å². The van der Waals surface area contributed by atoms with E-state index >= 15 is 0 Å². The highest BCUT2D eigenvalue weighted by molar-refractivity contribution is 6.39. The monoisotopic (exact) mass is 1190 g/mol. The van der Waals surface area contributed by atoms with Gasteiger partial charge in [-0.05, 0) is 116 Å². The lowest BCUT2D eigenvalue weighted by Crippen LogP contribution is -2.20. The standard InChI is InChI=1S/C24H32ClN5O2.C21H17Cl2N5O.C17H16FN5/c1-14(2)18(12-31)23-28-20(22-24(29-23)30(13-27-22)15(3)4)11-16-7-8-17(19(25)10-16)21(32)6-5-9-26;1-28-19-13(9-15(20(28)29)18-16(22)3-2-4-17(18)23)11-25-21(27-19)26-14-7-5-12(10-24)6-8-14;18-15-11-20-17(22-14-8-6-12(10-19)7-9-14)23-16(15)21-13-4-2-1-3-5-13/h7-8,10,13-15,18,31H,5-6,9,11-12,26H2,1-4H3;2-9,11H,10,24H2,1H3,(H,25,26,27);1-9,11H,10,19H2,(H2,20,21,22,23)/t18-;;/m0../s1. The third-order valence-electron chi connectivity index (χ3n) is 13.6. The Morgan fingerprint density at radius 2 is 1.29 bits per heavy atom. The minimum Gasteiger partial charge on any atom is -0.396 e. The normalized spacial score (nSPS) is 11.5. The fraction of sp³-hybridized carbons (Fsp3) is 0.242. The van der Waals surface area contributed by atoms with Gasteiger partial charge < -0.3 is 42.8 Å². The van der Waals surface area contributed by atoms with Gasteiger partial charge in [-0.15, -0.1) is 0 Å². The number of carbonyl (C=O) groups is 1. The number of pyridine rings is 1. The molecule has 5 aromatic heterocycles. The number of aryl methyl sites for hydroxylation is 1. The van der Waals surface area contributed by atoms with Crippen molar-refractivity contribution in [2.45, 2.75) is 72.0 Å². The van der Waals surface area contributed by atoms with Crippen LogP contribution >= 0.6 is 34.8 Å². The molecule has 0 aliphatic carbocycles. The zero-order chi connectivity index (χ0) is 60.0. The average Bonchev–Trinajstić information content (AvgIpc) is 3.88. The number of benzene rings is 5. The second-order valence-corrected chi connectivity index (χ2v) is 21.4. The van der Waals surface area contributed by atoms with Gasteiger partial charge in [0.2, 0.25) is 11.9 Å². The van der Waals surface area contributed by atoms with E-state index in [4.69, 9.17) is 62.0 Å². The Morgan fingerprint density at radius 1 is 0.679 bits per heavy atom. The molecule has 0 saturated heterocycles. The molecule has 18 nitrogen and oxygen atoms in total. The smallest absolute Gasteiger partial charge is 0.259 e. The summed E-state index contributed by atoms with van der Waals surface area (Å²) in [5.41, 5.74) is 26.0. The first-order valence-corrected chi connectivity index (χ1v) is 28.3. The Labute approximate surface area is 500 Å². The molecule has 0 aliphatic rings. The Morgan fingerprint density at radius 3 is 1.87 bits per heavy atom. The molecule has 1 atom stereocenters. The van der Waals surface area contributed by atoms with Crippen LogP contribution in [-0.4, -0.2) is 68.1 Å². The van der Waals surface area contributed by atoms with Gasteiger partial charge in [0, 0.05) is 84.7 Å². The van der Waals surface area contributed by atoms with E-state index in [0.29, 0.717) is 99.4 Å². The molecule has 0 unspecified atom stereocenters. The highest BCUT2D eigenvalue weighted by atomic mass is 35.5. The van der Waals surface area contributed by atoms with E-state index in [1.54, 1.807) is 49.9 Å². The molecule has 10 aromatic rings. The molecule has 5 aromatic carbocycles. The Kier molecular flexibility index (Phi) is 21.2. The predicted molar refractivity (Wildman–Crippen MR) is 334 cm³/mol. The van der Waals surface area contributed by atoms with Crippen LogP contribution in [-0.2, 0) is 26.6 Å². The van der Waals surface area contributed by atoms with Crippen LogP contribution in [0.25, 0.3) is 33.3 Å². The number of imidazole rings is 1. The molecule has 0 amide bonds. The van der Waals surface area contributed by atoms with Gasteiger partial charge in [0.1, 0.15) is 17.0 Å². The van der Waals surface area contributed by atoms with E-state index < -0.39 is 5.82 Å². The predicted octanol–water partition coefficient (Wildman–Crippen LogP) is 12.4. The number of rotatable bonds is 19. The maximum Gasteiger partial charge on any atom is 0.259 e. The number of nitrogens with two attached hydrogens (primary N) is 3. The van der Waals surface area contributed by atoms with Gasteiger partial charge in [-0.25, -0.2) is 29.3 Å². The van der Waals surface area contributed by atoms with Crippen molar-refractivity contribution >= 4 is 97.6 Å². The quantitative estimate of drug-likeness (QED) is 0.0371. The Bertz CT molecular complexity index is 3920. The number of hydrogen-bond acceptors (Lipinski definition) is 16. The molecule has 434 valence electrons. The van der Waals surface area contributed by atoms with Crippen LogP contribution in [0.4, 0.5) is 39.2 Å². The number of anilines is 6. The third-order valence-corrected chi connectivity index (χ3v) is 14.5. The van der Waals surface area contributed by atoms with E-state index in [0.717, 1.165) is 56.8 Å². The minimum absolute atomic E-state index is 0.00268. The van der Waals surface area contributed by atoms with Gasteiger partial charge >= 0.3 is 0 Å². The zero-order valence-electron chi connectivity index (χ0n) is 47.0. The summed E-state index contributed by atoms with van der Waals surface area (Å²) >= 11 is 19.0. The summed E-state index contributed by atoms with van der Waals surface area (Å²) in [5, 5.41) is 21.0. The molecule has 0 fully saturated rings.